The molecular formula is C17H18N4O2S2. The zero-order valence-corrected chi connectivity index (χ0v) is 15.3. The number of hydrogen-bond acceptors (Lipinski definition) is 5. The fraction of sp³-hybridized carbons (Fsp3) is 0.235. The molecule has 130 valence electrons. The van der Waals surface area contributed by atoms with Gasteiger partial charge in [-0.05, 0) is 36.2 Å². The van der Waals surface area contributed by atoms with Crippen molar-refractivity contribution in [1.29, 1.82) is 0 Å². The van der Waals surface area contributed by atoms with Crippen molar-refractivity contribution in [2.45, 2.75) is 18.0 Å². The van der Waals surface area contributed by atoms with Crippen molar-refractivity contribution in [1.82, 2.24) is 14.7 Å². The van der Waals surface area contributed by atoms with Gasteiger partial charge in [0.15, 0.2) is 5.82 Å². The number of likely N-dealkylation sites (N-methyl/N-ethyl adjacent to an activating group) is 1. The van der Waals surface area contributed by atoms with Crippen LogP contribution in [0, 0.1) is 0 Å². The molecule has 1 aliphatic rings. The first kappa shape index (κ1) is 16.3. The molecule has 3 heterocycles. The van der Waals surface area contributed by atoms with Gasteiger partial charge >= 0.3 is 0 Å². The highest BCUT2D eigenvalue weighted by molar-refractivity contribution is 7.92. The molecule has 0 aliphatic carbocycles. The SMILES string of the molecule is CN1CCn2nc(NS(=O)(=O)c3cccc(-c4cccs4)c3)cc2C1. The third-order valence-electron chi connectivity index (χ3n) is 4.18. The van der Waals surface area contributed by atoms with E-state index in [2.05, 4.69) is 14.7 Å². The van der Waals surface area contributed by atoms with Gasteiger partial charge in [-0.15, -0.1) is 11.3 Å². The molecule has 0 spiro atoms. The van der Waals surface area contributed by atoms with Crippen molar-refractivity contribution in [3.63, 3.8) is 0 Å². The number of hydrogen-bond donors (Lipinski definition) is 1. The monoisotopic (exact) mass is 374 g/mol. The molecule has 8 heteroatoms. The van der Waals surface area contributed by atoms with Crippen molar-refractivity contribution < 1.29 is 8.42 Å². The van der Waals surface area contributed by atoms with Crippen molar-refractivity contribution >= 4 is 27.2 Å². The number of aromatic nitrogens is 2. The zero-order valence-electron chi connectivity index (χ0n) is 13.7. The van der Waals surface area contributed by atoms with Crippen LogP contribution >= 0.6 is 11.3 Å². The van der Waals surface area contributed by atoms with Crippen LogP contribution in [-0.2, 0) is 23.1 Å². The van der Waals surface area contributed by atoms with E-state index in [-0.39, 0.29) is 4.90 Å². The number of fused-ring (bicyclic) bond motifs is 1. The lowest BCUT2D eigenvalue weighted by atomic mass is 10.2. The lowest BCUT2D eigenvalue weighted by Crippen LogP contribution is -2.30. The van der Waals surface area contributed by atoms with Gasteiger partial charge in [0.2, 0.25) is 0 Å². The molecule has 0 amide bonds. The zero-order chi connectivity index (χ0) is 17.4. The van der Waals surface area contributed by atoms with Gasteiger partial charge in [0.25, 0.3) is 10.0 Å². The van der Waals surface area contributed by atoms with Crippen molar-refractivity contribution in [3.05, 3.63) is 53.5 Å². The molecule has 0 bridgehead atoms. The molecule has 6 nitrogen and oxygen atoms in total. The highest BCUT2D eigenvalue weighted by Crippen LogP contribution is 2.27. The molecule has 0 radical (unpaired) electrons. The van der Waals surface area contributed by atoms with E-state index in [4.69, 9.17) is 0 Å². The smallest absolute Gasteiger partial charge is 0.263 e. The first-order valence-corrected chi connectivity index (χ1v) is 10.3. The third kappa shape index (κ3) is 3.33. The molecule has 0 saturated carbocycles. The lowest BCUT2D eigenvalue weighted by molar-refractivity contribution is 0.259. The minimum atomic E-state index is -3.67. The average Bonchev–Trinajstić information content (AvgIpc) is 3.23. The van der Waals surface area contributed by atoms with E-state index >= 15 is 0 Å². The molecule has 2 aromatic heterocycles. The Labute approximate surface area is 150 Å². The van der Waals surface area contributed by atoms with E-state index in [9.17, 15) is 8.42 Å². The van der Waals surface area contributed by atoms with Gasteiger partial charge < -0.3 is 0 Å². The first-order chi connectivity index (χ1) is 12.0. The van der Waals surface area contributed by atoms with Gasteiger partial charge in [0.05, 0.1) is 17.1 Å². The molecule has 0 fully saturated rings. The molecule has 1 N–H and O–H groups in total. The van der Waals surface area contributed by atoms with Crippen LogP contribution in [0.1, 0.15) is 5.69 Å². The Balaban J connectivity index is 1.61. The van der Waals surface area contributed by atoms with E-state index < -0.39 is 10.0 Å². The maximum atomic E-state index is 12.7. The van der Waals surface area contributed by atoms with Crippen LogP contribution in [0.15, 0.2) is 52.7 Å². The normalized spacial score (nSPS) is 15.1. The highest BCUT2D eigenvalue weighted by Gasteiger charge is 2.20. The van der Waals surface area contributed by atoms with Gasteiger partial charge in [-0.25, -0.2) is 8.42 Å². The Kier molecular flexibility index (Phi) is 4.10. The Morgan fingerprint density at radius 2 is 2.04 bits per heavy atom. The second-order valence-corrected chi connectivity index (χ2v) is 8.72. The topological polar surface area (TPSA) is 67.2 Å². The van der Waals surface area contributed by atoms with Crippen LogP contribution in [0.3, 0.4) is 0 Å². The molecular weight excluding hydrogens is 356 g/mol. The van der Waals surface area contributed by atoms with E-state index in [1.165, 1.54) is 0 Å². The number of nitrogens with zero attached hydrogens (tertiary/aromatic N) is 3. The third-order valence-corrected chi connectivity index (χ3v) is 6.45. The van der Waals surface area contributed by atoms with Crippen LogP contribution in [0.25, 0.3) is 10.4 Å². The Morgan fingerprint density at radius 1 is 1.16 bits per heavy atom. The summed E-state index contributed by atoms with van der Waals surface area (Å²) in [5, 5.41) is 6.34. The predicted molar refractivity (Wildman–Crippen MR) is 99.1 cm³/mol. The summed E-state index contributed by atoms with van der Waals surface area (Å²) in [6.45, 7) is 2.44. The fourth-order valence-electron chi connectivity index (χ4n) is 2.90. The summed E-state index contributed by atoms with van der Waals surface area (Å²) >= 11 is 1.58. The van der Waals surface area contributed by atoms with Crippen LogP contribution in [0.4, 0.5) is 5.82 Å². The van der Waals surface area contributed by atoms with Crippen LogP contribution < -0.4 is 4.72 Å². The second kappa shape index (κ2) is 6.29. The predicted octanol–water partition coefficient (Wildman–Crippen LogP) is 2.86. The number of rotatable bonds is 4. The number of benzene rings is 1. The number of thiophene rings is 1. The van der Waals surface area contributed by atoms with Crippen molar-refractivity contribution in [2.24, 2.45) is 0 Å². The first-order valence-electron chi connectivity index (χ1n) is 7.93. The second-order valence-electron chi connectivity index (χ2n) is 6.09. The van der Waals surface area contributed by atoms with Gasteiger partial charge in [-0.1, -0.05) is 18.2 Å². The number of nitrogens with one attached hydrogen (secondary N) is 1. The van der Waals surface area contributed by atoms with E-state index in [1.807, 2.05) is 35.3 Å². The minimum absolute atomic E-state index is 0.237. The van der Waals surface area contributed by atoms with Crippen LogP contribution in [0.2, 0.25) is 0 Å². The Hall–Kier alpha value is -2.16. The van der Waals surface area contributed by atoms with E-state index in [1.54, 1.807) is 35.6 Å². The molecule has 3 aromatic rings. The summed E-state index contributed by atoms with van der Waals surface area (Å²) in [6.07, 6.45) is 0. The summed E-state index contributed by atoms with van der Waals surface area (Å²) in [4.78, 5) is 3.46. The molecule has 0 saturated heterocycles. The Bertz CT molecular complexity index is 994. The van der Waals surface area contributed by atoms with Crippen LogP contribution in [0.5, 0.6) is 0 Å². The molecule has 0 atom stereocenters. The van der Waals surface area contributed by atoms with Crippen molar-refractivity contribution in [3.8, 4) is 10.4 Å². The van der Waals surface area contributed by atoms with E-state index in [0.29, 0.717) is 5.82 Å². The minimum Gasteiger partial charge on any atom is -0.299 e. The number of sulfonamides is 1. The van der Waals surface area contributed by atoms with Crippen molar-refractivity contribution in [2.75, 3.05) is 18.3 Å². The highest BCUT2D eigenvalue weighted by atomic mass is 32.2. The summed E-state index contributed by atoms with van der Waals surface area (Å²) in [6, 6.07) is 12.7. The quantitative estimate of drug-likeness (QED) is 0.763. The fourth-order valence-corrected chi connectivity index (χ4v) is 4.66. The molecule has 0 unspecified atom stereocenters. The summed E-state index contributed by atoms with van der Waals surface area (Å²) in [5.41, 5.74) is 1.91. The van der Waals surface area contributed by atoms with E-state index in [0.717, 1.165) is 35.8 Å². The number of anilines is 1. The van der Waals surface area contributed by atoms with Gasteiger partial charge in [-0.3, -0.25) is 14.3 Å². The largest absolute Gasteiger partial charge is 0.299 e. The lowest BCUT2D eigenvalue weighted by Gasteiger charge is -2.22. The molecule has 1 aromatic carbocycles. The average molecular weight is 374 g/mol. The summed E-state index contributed by atoms with van der Waals surface area (Å²) in [5.74, 6) is 0.367. The summed E-state index contributed by atoms with van der Waals surface area (Å²) < 4.78 is 29.9. The molecule has 4 rings (SSSR count). The maximum absolute atomic E-state index is 12.7. The molecule has 1 aliphatic heterocycles. The van der Waals surface area contributed by atoms with Gasteiger partial charge in [0.1, 0.15) is 0 Å². The summed E-state index contributed by atoms with van der Waals surface area (Å²) in [7, 11) is -1.64. The van der Waals surface area contributed by atoms with Gasteiger partial charge in [0, 0.05) is 24.0 Å². The maximum Gasteiger partial charge on any atom is 0.263 e. The van der Waals surface area contributed by atoms with Crippen LogP contribution in [-0.4, -0.2) is 36.7 Å². The Morgan fingerprint density at radius 3 is 2.84 bits per heavy atom. The standard InChI is InChI=1S/C17H18N4O2S2/c1-20-7-8-21-14(12-20)11-17(18-21)19-25(22,23)15-5-2-4-13(10-15)16-6-3-9-24-16/h2-6,9-11H,7-8,12H2,1H3,(H,18,19). The van der Waals surface area contributed by atoms with Gasteiger partial charge in [-0.2, -0.15) is 5.10 Å². The molecule has 25 heavy (non-hydrogen) atoms.